The standard InChI is InChI=1S/C22H20N2O2/c1-25-18-13-11-17(12-14-18)15-24-21-10-6-5-9-20(21)23-22(24)16-26-19-7-3-2-4-8-19/h2-14H,15-16H2,1H3. The summed E-state index contributed by atoms with van der Waals surface area (Å²) < 4.78 is 13.4. The zero-order chi connectivity index (χ0) is 17.8. The summed E-state index contributed by atoms with van der Waals surface area (Å²) >= 11 is 0. The Morgan fingerprint density at radius 2 is 1.54 bits per heavy atom. The van der Waals surface area contributed by atoms with E-state index in [4.69, 9.17) is 14.5 Å². The molecule has 0 N–H and O–H groups in total. The molecule has 0 aliphatic heterocycles. The van der Waals surface area contributed by atoms with E-state index < -0.39 is 0 Å². The lowest BCUT2D eigenvalue weighted by Crippen LogP contribution is -2.08. The number of rotatable bonds is 6. The maximum absolute atomic E-state index is 5.93. The number of methoxy groups -OCH3 is 1. The van der Waals surface area contributed by atoms with Gasteiger partial charge in [-0.15, -0.1) is 0 Å². The monoisotopic (exact) mass is 344 g/mol. The van der Waals surface area contributed by atoms with Gasteiger partial charge in [0.25, 0.3) is 0 Å². The van der Waals surface area contributed by atoms with Crippen molar-refractivity contribution in [2.24, 2.45) is 0 Å². The van der Waals surface area contributed by atoms with Crippen molar-refractivity contribution in [2.45, 2.75) is 13.2 Å². The highest BCUT2D eigenvalue weighted by molar-refractivity contribution is 5.76. The summed E-state index contributed by atoms with van der Waals surface area (Å²) in [5.74, 6) is 2.61. The van der Waals surface area contributed by atoms with Gasteiger partial charge in [-0.1, -0.05) is 42.5 Å². The van der Waals surface area contributed by atoms with Gasteiger partial charge in [-0.05, 0) is 42.0 Å². The Bertz CT molecular complexity index is 992. The minimum absolute atomic E-state index is 0.425. The van der Waals surface area contributed by atoms with Crippen LogP contribution in [-0.4, -0.2) is 16.7 Å². The molecule has 3 aromatic carbocycles. The van der Waals surface area contributed by atoms with Crippen LogP contribution in [0.2, 0.25) is 0 Å². The molecule has 0 saturated heterocycles. The second-order valence-corrected chi connectivity index (χ2v) is 6.05. The molecule has 0 amide bonds. The van der Waals surface area contributed by atoms with Gasteiger partial charge in [0, 0.05) is 6.54 Å². The van der Waals surface area contributed by atoms with E-state index in [0.29, 0.717) is 6.61 Å². The summed E-state index contributed by atoms with van der Waals surface area (Å²) in [5, 5.41) is 0. The number of ether oxygens (including phenoxy) is 2. The number of nitrogens with zero attached hydrogens (tertiary/aromatic N) is 2. The third-order valence-electron chi connectivity index (χ3n) is 4.34. The minimum atomic E-state index is 0.425. The molecular formula is C22H20N2O2. The van der Waals surface area contributed by atoms with Crippen molar-refractivity contribution < 1.29 is 9.47 Å². The van der Waals surface area contributed by atoms with Crippen molar-refractivity contribution in [3.8, 4) is 11.5 Å². The molecule has 26 heavy (non-hydrogen) atoms. The van der Waals surface area contributed by atoms with E-state index in [0.717, 1.165) is 34.9 Å². The lowest BCUT2D eigenvalue weighted by molar-refractivity contribution is 0.291. The Morgan fingerprint density at radius 3 is 2.31 bits per heavy atom. The maximum atomic E-state index is 5.93. The van der Waals surface area contributed by atoms with Gasteiger partial charge in [-0.25, -0.2) is 4.98 Å². The number of hydrogen-bond donors (Lipinski definition) is 0. The maximum Gasteiger partial charge on any atom is 0.148 e. The third-order valence-corrected chi connectivity index (χ3v) is 4.34. The highest BCUT2D eigenvalue weighted by Gasteiger charge is 2.11. The molecule has 4 heteroatoms. The Hall–Kier alpha value is -3.27. The Kier molecular flexibility index (Phi) is 4.56. The van der Waals surface area contributed by atoms with Gasteiger partial charge in [0.2, 0.25) is 0 Å². The van der Waals surface area contributed by atoms with Crippen LogP contribution in [0.4, 0.5) is 0 Å². The molecule has 0 aliphatic rings. The van der Waals surface area contributed by atoms with Crippen LogP contribution in [0.1, 0.15) is 11.4 Å². The molecular weight excluding hydrogens is 324 g/mol. The first-order chi connectivity index (χ1) is 12.8. The van der Waals surface area contributed by atoms with Crippen molar-refractivity contribution in [1.29, 1.82) is 0 Å². The normalized spacial score (nSPS) is 10.8. The van der Waals surface area contributed by atoms with Crippen LogP contribution in [-0.2, 0) is 13.2 Å². The molecule has 0 aliphatic carbocycles. The van der Waals surface area contributed by atoms with Crippen molar-refractivity contribution in [3.05, 3.63) is 90.3 Å². The van der Waals surface area contributed by atoms with Gasteiger partial charge in [-0.2, -0.15) is 0 Å². The predicted octanol–water partition coefficient (Wildman–Crippen LogP) is 4.67. The lowest BCUT2D eigenvalue weighted by atomic mass is 10.2. The van der Waals surface area contributed by atoms with E-state index in [-0.39, 0.29) is 0 Å². The van der Waals surface area contributed by atoms with Crippen LogP contribution in [0.3, 0.4) is 0 Å². The molecule has 0 saturated carbocycles. The molecule has 4 rings (SSSR count). The minimum Gasteiger partial charge on any atom is -0.497 e. The molecule has 4 aromatic rings. The Labute approximate surface area is 152 Å². The van der Waals surface area contributed by atoms with Gasteiger partial charge in [0.15, 0.2) is 0 Å². The van der Waals surface area contributed by atoms with Crippen molar-refractivity contribution in [3.63, 3.8) is 0 Å². The zero-order valence-electron chi connectivity index (χ0n) is 14.6. The number of imidazole rings is 1. The van der Waals surface area contributed by atoms with Gasteiger partial charge < -0.3 is 14.0 Å². The second kappa shape index (κ2) is 7.31. The number of benzene rings is 3. The molecule has 0 radical (unpaired) electrons. The second-order valence-electron chi connectivity index (χ2n) is 6.05. The molecule has 0 atom stereocenters. The van der Waals surface area contributed by atoms with Crippen molar-refractivity contribution in [2.75, 3.05) is 7.11 Å². The number of hydrogen-bond acceptors (Lipinski definition) is 3. The smallest absolute Gasteiger partial charge is 0.148 e. The molecule has 1 heterocycles. The fourth-order valence-electron chi connectivity index (χ4n) is 2.99. The predicted molar refractivity (Wildman–Crippen MR) is 103 cm³/mol. The molecule has 130 valence electrons. The molecule has 0 unspecified atom stereocenters. The van der Waals surface area contributed by atoms with Crippen LogP contribution in [0.5, 0.6) is 11.5 Å². The van der Waals surface area contributed by atoms with E-state index >= 15 is 0 Å². The zero-order valence-corrected chi connectivity index (χ0v) is 14.6. The molecule has 0 spiro atoms. The molecule has 0 bridgehead atoms. The van der Waals surface area contributed by atoms with Crippen LogP contribution in [0, 0.1) is 0 Å². The van der Waals surface area contributed by atoms with Crippen molar-refractivity contribution >= 4 is 11.0 Å². The lowest BCUT2D eigenvalue weighted by Gasteiger charge is -2.11. The summed E-state index contributed by atoms with van der Waals surface area (Å²) in [6.45, 7) is 1.16. The van der Waals surface area contributed by atoms with Crippen LogP contribution >= 0.6 is 0 Å². The topological polar surface area (TPSA) is 36.3 Å². The van der Waals surface area contributed by atoms with Gasteiger partial charge in [0.05, 0.1) is 18.1 Å². The highest BCUT2D eigenvalue weighted by atomic mass is 16.5. The number of para-hydroxylation sites is 3. The van der Waals surface area contributed by atoms with E-state index in [9.17, 15) is 0 Å². The summed E-state index contributed by atoms with van der Waals surface area (Å²) in [5.41, 5.74) is 3.28. The summed E-state index contributed by atoms with van der Waals surface area (Å²) in [6, 6.07) is 26.1. The summed E-state index contributed by atoms with van der Waals surface area (Å²) in [6.07, 6.45) is 0. The quantitative estimate of drug-likeness (QED) is 0.510. The van der Waals surface area contributed by atoms with E-state index in [1.807, 2.05) is 60.7 Å². The van der Waals surface area contributed by atoms with Crippen LogP contribution in [0.15, 0.2) is 78.9 Å². The van der Waals surface area contributed by atoms with E-state index in [1.165, 1.54) is 5.56 Å². The first-order valence-electron chi connectivity index (χ1n) is 8.58. The Morgan fingerprint density at radius 1 is 0.808 bits per heavy atom. The van der Waals surface area contributed by atoms with E-state index in [1.54, 1.807) is 7.11 Å². The average molecular weight is 344 g/mol. The molecule has 1 aromatic heterocycles. The van der Waals surface area contributed by atoms with Gasteiger partial charge in [-0.3, -0.25) is 0 Å². The summed E-state index contributed by atoms with van der Waals surface area (Å²) in [7, 11) is 1.68. The fourth-order valence-corrected chi connectivity index (χ4v) is 2.99. The number of aromatic nitrogens is 2. The van der Waals surface area contributed by atoms with Gasteiger partial charge >= 0.3 is 0 Å². The van der Waals surface area contributed by atoms with Gasteiger partial charge in [0.1, 0.15) is 23.9 Å². The third kappa shape index (κ3) is 3.40. The Balaban J connectivity index is 1.64. The fraction of sp³-hybridized carbons (Fsp3) is 0.136. The first kappa shape index (κ1) is 16.2. The van der Waals surface area contributed by atoms with E-state index in [2.05, 4.69) is 22.8 Å². The largest absolute Gasteiger partial charge is 0.497 e. The molecule has 4 nitrogen and oxygen atoms in total. The summed E-state index contributed by atoms with van der Waals surface area (Å²) in [4.78, 5) is 4.77. The first-order valence-corrected chi connectivity index (χ1v) is 8.58. The number of fused-ring (bicyclic) bond motifs is 1. The van der Waals surface area contributed by atoms with Crippen molar-refractivity contribution in [1.82, 2.24) is 9.55 Å². The highest BCUT2D eigenvalue weighted by Crippen LogP contribution is 2.21. The average Bonchev–Trinajstić information content (AvgIpc) is 3.05. The SMILES string of the molecule is COc1ccc(Cn2c(COc3ccccc3)nc3ccccc32)cc1. The van der Waals surface area contributed by atoms with Crippen LogP contribution < -0.4 is 9.47 Å². The van der Waals surface area contributed by atoms with Crippen LogP contribution in [0.25, 0.3) is 11.0 Å². The molecule has 0 fully saturated rings.